The number of aliphatic imine (C=N–C) groups is 1. The van der Waals surface area contributed by atoms with E-state index in [0.717, 1.165) is 50.3 Å². The van der Waals surface area contributed by atoms with Gasteiger partial charge in [0.15, 0.2) is 5.96 Å². The summed E-state index contributed by atoms with van der Waals surface area (Å²) < 4.78 is 5.49. The van der Waals surface area contributed by atoms with E-state index in [9.17, 15) is 0 Å². The molecule has 0 radical (unpaired) electrons. The van der Waals surface area contributed by atoms with Crippen LogP contribution in [0.25, 0.3) is 0 Å². The molecule has 5 nitrogen and oxygen atoms in total. The van der Waals surface area contributed by atoms with E-state index in [4.69, 9.17) is 16.3 Å². The highest BCUT2D eigenvalue weighted by atomic mass is 127. The lowest BCUT2D eigenvalue weighted by Crippen LogP contribution is -2.52. The van der Waals surface area contributed by atoms with Crippen molar-refractivity contribution in [3.63, 3.8) is 0 Å². The lowest BCUT2D eigenvalue weighted by atomic mass is 10.0. The second kappa shape index (κ2) is 10.8. The number of rotatable bonds is 6. The van der Waals surface area contributed by atoms with Crippen LogP contribution in [-0.4, -0.2) is 62.8 Å². The van der Waals surface area contributed by atoms with Gasteiger partial charge in [0, 0.05) is 49.7 Å². The first-order valence-electron chi connectivity index (χ1n) is 9.63. The van der Waals surface area contributed by atoms with Crippen molar-refractivity contribution in [3.8, 4) is 0 Å². The van der Waals surface area contributed by atoms with E-state index < -0.39 is 0 Å². The van der Waals surface area contributed by atoms with Gasteiger partial charge in [0.2, 0.25) is 0 Å². The Balaban J connectivity index is 0.00000261. The summed E-state index contributed by atoms with van der Waals surface area (Å²) in [6, 6.07) is 9.09. The zero-order chi connectivity index (χ0) is 18.5. The molecule has 1 aliphatic carbocycles. The number of ether oxygens (including phenoxy) is 1. The molecule has 1 saturated carbocycles. The molecule has 2 N–H and O–H groups in total. The number of hydrogen-bond donors (Lipinski definition) is 2. The van der Waals surface area contributed by atoms with E-state index >= 15 is 0 Å². The van der Waals surface area contributed by atoms with Gasteiger partial charge in [0.1, 0.15) is 0 Å². The smallest absolute Gasteiger partial charge is 0.191 e. The van der Waals surface area contributed by atoms with Crippen molar-refractivity contribution in [1.82, 2.24) is 15.5 Å². The van der Waals surface area contributed by atoms with E-state index in [-0.39, 0.29) is 24.0 Å². The van der Waals surface area contributed by atoms with E-state index in [1.54, 1.807) is 0 Å². The van der Waals surface area contributed by atoms with Crippen molar-refractivity contribution < 1.29 is 4.74 Å². The number of halogens is 2. The van der Waals surface area contributed by atoms with Gasteiger partial charge in [0.05, 0.1) is 13.2 Å². The van der Waals surface area contributed by atoms with Gasteiger partial charge in [-0.3, -0.25) is 9.89 Å². The normalized spacial score (nSPS) is 24.3. The maximum absolute atomic E-state index is 6.12. The Bertz CT molecular complexity index is 622. The van der Waals surface area contributed by atoms with Crippen molar-refractivity contribution in [1.29, 1.82) is 0 Å². The molecule has 1 saturated heterocycles. The molecule has 1 heterocycles. The number of nitrogens with one attached hydrogen (secondary N) is 2. The molecule has 2 fully saturated rings. The standard InChI is InChI=1S/C20H31ClN4O.HI/c1-14(2)19(25-7-9-26-10-8-25)13-23-20(22-3)24-18-12-17(18)15-5-4-6-16(21)11-15;/h4-6,11,14,17-19H,7-10,12-13H2,1-3H3,(H2,22,23,24);1H. The second-order valence-corrected chi connectivity index (χ2v) is 8.00. The fraction of sp³-hybridized carbons (Fsp3) is 0.650. The molecule has 7 heteroatoms. The number of nitrogens with zero attached hydrogens (tertiary/aromatic N) is 2. The van der Waals surface area contributed by atoms with Gasteiger partial charge in [-0.25, -0.2) is 0 Å². The third-order valence-corrected chi connectivity index (χ3v) is 5.61. The van der Waals surface area contributed by atoms with Gasteiger partial charge in [0.25, 0.3) is 0 Å². The third-order valence-electron chi connectivity index (χ3n) is 5.38. The van der Waals surface area contributed by atoms with Crippen LogP contribution in [0.5, 0.6) is 0 Å². The molecule has 27 heavy (non-hydrogen) atoms. The average molecular weight is 507 g/mol. The van der Waals surface area contributed by atoms with Crippen LogP contribution in [0.4, 0.5) is 0 Å². The van der Waals surface area contributed by atoms with Gasteiger partial charge >= 0.3 is 0 Å². The van der Waals surface area contributed by atoms with Gasteiger partial charge in [-0.05, 0) is 30.0 Å². The monoisotopic (exact) mass is 506 g/mol. The van der Waals surface area contributed by atoms with Crippen molar-refractivity contribution in [2.75, 3.05) is 39.9 Å². The number of morpholine rings is 1. The van der Waals surface area contributed by atoms with Crippen molar-refractivity contribution in [2.45, 2.75) is 38.3 Å². The van der Waals surface area contributed by atoms with Crippen LogP contribution in [-0.2, 0) is 4.74 Å². The zero-order valence-corrected chi connectivity index (χ0v) is 19.5. The quantitative estimate of drug-likeness (QED) is 0.353. The molecule has 0 spiro atoms. The maximum Gasteiger partial charge on any atom is 0.191 e. The summed E-state index contributed by atoms with van der Waals surface area (Å²) in [6.07, 6.45) is 1.12. The Morgan fingerprint density at radius 3 is 2.70 bits per heavy atom. The van der Waals surface area contributed by atoms with Crippen molar-refractivity contribution in [3.05, 3.63) is 34.9 Å². The van der Waals surface area contributed by atoms with Crippen LogP contribution in [0, 0.1) is 5.92 Å². The summed E-state index contributed by atoms with van der Waals surface area (Å²) in [5, 5.41) is 7.90. The summed E-state index contributed by atoms with van der Waals surface area (Å²) in [5.74, 6) is 1.99. The van der Waals surface area contributed by atoms with Crippen LogP contribution in [0.15, 0.2) is 29.3 Å². The fourth-order valence-electron chi connectivity index (χ4n) is 3.73. The van der Waals surface area contributed by atoms with Gasteiger partial charge in [-0.1, -0.05) is 37.6 Å². The predicted molar refractivity (Wildman–Crippen MR) is 124 cm³/mol. The molecule has 152 valence electrons. The van der Waals surface area contributed by atoms with E-state index in [1.807, 2.05) is 19.2 Å². The minimum Gasteiger partial charge on any atom is -0.379 e. The maximum atomic E-state index is 6.12. The summed E-state index contributed by atoms with van der Waals surface area (Å²) in [6.45, 7) is 9.15. The first-order valence-corrected chi connectivity index (χ1v) is 10.0. The molecular formula is C20H32ClIN4O. The summed E-state index contributed by atoms with van der Waals surface area (Å²) in [5.41, 5.74) is 1.30. The Labute approximate surface area is 185 Å². The fourth-order valence-corrected chi connectivity index (χ4v) is 3.93. The van der Waals surface area contributed by atoms with Gasteiger partial charge < -0.3 is 15.4 Å². The van der Waals surface area contributed by atoms with E-state index in [2.05, 4.69) is 46.5 Å². The largest absolute Gasteiger partial charge is 0.379 e. The molecule has 0 aromatic heterocycles. The molecule has 0 amide bonds. The molecule has 1 aromatic rings. The number of guanidine groups is 1. The van der Waals surface area contributed by atoms with Crippen LogP contribution < -0.4 is 10.6 Å². The second-order valence-electron chi connectivity index (χ2n) is 7.56. The Kier molecular flexibility index (Phi) is 9.11. The van der Waals surface area contributed by atoms with Crippen LogP contribution in [0.3, 0.4) is 0 Å². The molecule has 1 aliphatic heterocycles. The number of benzene rings is 1. The molecule has 3 atom stereocenters. The van der Waals surface area contributed by atoms with Crippen LogP contribution >= 0.6 is 35.6 Å². The average Bonchev–Trinajstić information content (AvgIpc) is 3.41. The molecular weight excluding hydrogens is 475 g/mol. The number of hydrogen-bond acceptors (Lipinski definition) is 3. The third kappa shape index (κ3) is 6.48. The van der Waals surface area contributed by atoms with Gasteiger partial charge in [-0.2, -0.15) is 0 Å². The van der Waals surface area contributed by atoms with Gasteiger partial charge in [-0.15, -0.1) is 24.0 Å². The van der Waals surface area contributed by atoms with E-state index in [0.29, 0.717) is 23.9 Å². The minimum absolute atomic E-state index is 0. The minimum atomic E-state index is 0. The van der Waals surface area contributed by atoms with Crippen molar-refractivity contribution >= 4 is 41.5 Å². The molecule has 3 unspecified atom stereocenters. The molecule has 2 aliphatic rings. The topological polar surface area (TPSA) is 48.9 Å². The zero-order valence-electron chi connectivity index (χ0n) is 16.5. The molecule has 0 bridgehead atoms. The van der Waals surface area contributed by atoms with Crippen LogP contribution in [0.1, 0.15) is 31.7 Å². The highest BCUT2D eigenvalue weighted by molar-refractivity contribution is 14.0. The first-order chi connectivity index (χ1) is 12.6. The first kappa shape index (κ1) is 22.7. The highest BCUT2D eigenvalue weighted by Crippen LogP contribution is 2.41. The SMILES string of the molecule is CN=C(NCC(C(C)C)N1CCOCC1)NC1CC1c1cccc(Cl)c1.I. The van der Waals surface area contributed by atoms with Crippen LogP contribution in [0.2, 0.25) is 5.02 Å². The summed E-state index contributed by atoms with van der Waals surface area (Å²) >= 11 is 6.12. The lowest BCUT2D eigenvalue weighted by Gasteiger charge is -2.37. The molecule has 1 aromatic carbocycles. The summed E-state index contributed by atoms with van der Waals surface area (Å²) in [7, 11) is 1.84. The Hall–Kier alpha value is -0.570. The van der Waals surface area contributed by atoms with E-state index in [1.165, 1.54) is 5.56 Å². The van der Waals surface area contributed by atoms with Crippen molar-refractivity contribution in [2.24, 2.45) is 10.9 Å². The Morgan fingerprint density at radius 2 is 2.07 bits per heavy atom. The predicted octanol–water partition coefficient (Wildman–Crippen LogP) is 3.34. The Morgan fingerprint density at radius 1 is 1.33 bits per heavy atom. The summed E-state index contributed by atoms with van der Waals surface area (Å²) in [4.78, 5) is 6.94. The lowest BCUT2D eigenvalue weighted by molar-refractivity contribution is 0.00752. The molecule has 3 rings (SSSR count). The highest BCUT2D eigenvalue weighted by Gasteiger charge is 2.39.